The number of hydrogen-bond donors (Lipinski definition) is 4. The molecule has 5 aliphatic rings. The van der Waals surface area contributed by atoms with E-state index in [1.54, 1.807) is 4.72 Å². The third kappa shape index (κ3) is 8.07. The molecule has 44 heavy (non-hydrogen) atoms. The van der Waals surface area contributed by atoms with Crippen LogP contribution in [0.25, 0.3) is 0 Å². The fourth-order valence-corrected chi connectivity index (χ4v) is 6.89. The quantitative estimate of drug-likeness (QED) is 0.254. The SMILES string of the molecule is C.C[C@]1(C(=O)NS(=O)(=O)C2(F)CC2)C[C@H]1C(F)F.Cl.NS(=O)(=O)C1(F)CC1.N[C@]1(C(=O)NS(=O)(=O)C2(F)CC2)C[C@H]1C(F)F. The van der Waals surface area contributed by atoms with Crippen molar-refractivity contribution in [3.05, 3.63) is 0 Å². The third-order valence-electron chi connectivity index (χ3n) is 7.77. The maximum absolute atomic E-state index is 13.4. The van der Waals surface area contributed by atoms with Crippen LogP contribution in [0, 0.1) is 17.3 Å². The van der Waals surface area contributed by atoms with E-state index in [0.717, 1.165) is 0 Å². The molecule has 4 atom stereocenters. The van der Waals surface area contributed by atoms with Crippen LogP contribution < -0.4 is 20.3 Å². The van der Waals surface area contributed by atoms with Crippen molar-refractivity contribution in [3.63, 3.8) is 0 Å². The Morgan fingerprint density at radius 2 is 1.05 bits per heavy atom. The lowest BCUT2D eigenvalue weighted by molar-refractivity contribution is -0.125. The van der Waals surface area contributed by atoms with Crippen molar-refractivity contribution in [1.82, 2.24) is 9.44 Å². The normalized spacial score (nSPS) is 31.3. The number of halogens is 8. The topological polar surface area (TPSA) is 213 Å². The van der Waals surface area contributed by atoms with Gasteiger partial charge in [0.2, 0.25) is 43.8 Å². The lowest BCUT2D eigenvalue weighted by Gasteiger charge is -2.14. The highest BCUT2D eigenvalue weighted by molar-refractivity contribution is 7.92. The maximum atomic E-state index is 13.4. The molecule has 0 unspecified atom stereocenters. The average molecular weight is 735 g/mol. The third-order valence-corrected chi connectivity index (χ3v) is 12.8. The maximum Gasteiger partial charge on any atom is 0.270 e. The molecule has 2 amide bonds. The van der Waals surface area contributed by atoms with Gasteiger partial charge in [-0.05, 0) is 12.8 Å². The van der Waals surface area contributed by atoms with Crippen molar-refractivity contribution in [1.29, 1.82) is 0 Å². The van der Waals surface area contributed by atoms with Crippen molar-refractivity contribution >= 4 is 54.3 Å². The molecule has 0 spiro atoms. The van der Waals surface area contributed by atoms with Crippen LogP contribution in [-0.2, 0) is 39.7 Å². The zero-order valence-electron chi connectivity index (χ0n) is 22.2. The largest absolute Gasteiger partial charge is 0.317 e. The molecule has 5 rings (SSSR count). The first kappa shape index (κ1) is 40.5. The molecule has 5 fully saturated rings. The summed E-state index contributed by atoms with van der Waals surface area (Å²) in [5, 5.41) is -2.44. The summed E-state index contributed by atoms with van der Waals surface area (Å²) in [6.07, 6.45) is -6.46. The van der Waals surface area contributed by atoms with Crippen molar-refractivity contribution in [2.75, 3.05) is 0 Å². The fourth-order valence-electron chi connectivity index (χ4n) is 3.66. The van der Waals surface area contributed by atoms with Crippen molar-refractivity contribution in [2.24, 2.45) is 28.1 Å². The predicted molar refractivity (Wildman–Crippen MR) is 144 cm³/mol. The van der Waals surface area contributed by atoms with Crippen LogP contribution in [0.15, 0.2) is 0 Å². The highest BCUT2D eigenvalue weighted by Crippen LogP contribution is 2.56. The second-order valence-electron chi connectivity index (χ2n) is 11.3. The number of carbonyl (C=O) groups is 2. The summed E-state index contributed by atoms with van der Waals surface area (Å²) in [7, 11) is -12.8. The summed E-state index contributed by atoms with van der Waals surface area (Å²) in [6.45, 7) is 1.26. The number of alkyl halides is 7. The standard InChI is InChI=1S/C9H12F3NO3S.C8H11F3N2O3S.C3H6FNO2S.CH4.ClH/c1-8(4-5(8)6(10)11)7(14)13-17(15,16)9(12)2-3-9;9-5(10)4-3-8(4,12)6(14)13-17(15,16)7(11)1-2-7;4-3(1-2-3)8(5,6)7;;/h5-6H,2-4H2,1H3,(H,13,14);4-5H,1-3,12H2,(H,13,14);1-2H2,(H2,5,6,7);1H4;1H/t5-,8-;4-,8+;;;/m00.../s1. The predicted octanol–water partition coefficient (Wildman–Crippen LogP) is 1.85. The molecule has 0 saturated heterocycles. The molecular weight excluding hydrogens is 701 g/mol. The molecule has 5 saturated carbocycles. The minimum absolute atomic E-state index is 0. The van der Waals surface area contributed by atoms with E-state index in [9.17, 15) is 65.6 Å². The van der Waals surface area contributed by atoms with Gasteiger partial charge in [-0.2, -0.15) is 0 Å². The number of sulfonamides is 3. The van der Waals surface area contributed by atoms with Crippen LogP contribution in [-0.4, -0.2) is 70.5 Å². The van der Waals surface area contributed by atoms with Gasteiger partial charge in [0, 0.05) is 50.4 Å². The molecule has 0 bridgehead atoms. The average Bonchev–Trinajstić information content (AvgIpc) is 3.62. The summed E-state index contributed by atoms with van der Waals surface area (Å²) in [5.74, 6) is -4.81. The molecule has 0 heterocycles. The van der Waals surface area contributed by atoms with Gasteiger partial charge < -0.3 is 5.73 Å². The Morgan fingerprint density at radius 1 is 0.705 bits per heavy atom. The highest BCUT2D eigenvalue weighted by atomic mass is 35.5. The van der Waals surface area contributed by atoms with Gasteiger partial charge >= 0.3 is 0 Å². The van der Waals surface area contributed by atoms with E-state index in [4.69, 9.17) is 5.73 Å². The lowest BCUT2D eigenvalue weighted by atomic mass is 10.1. The van der Waals surface area contributed by atoms with Gasteiger partial charge in [-0.3, -0.25) is 9.59 Å². The Labute approximate surface area is 256 Å². The number of carbonyl (C=O) groups excluding carboxylic acids is 2. The Hall–Kier alpha value is -1.49. The number of nitrogens with two attached hydrogens (primary N) is 2. The molecule has 12 nitrogen and oxygen atoms in total. The molecule has 0 aromatic rings. The monoisotopic (exact) mass is 734 g/mol. The molecule has 260 valence electrons. The van der Waals surface area contributed by atoms with Crippen LogP contribution in [0.2, 0.25) is 0 Å². The number of primary sulfonamides is 1. The van der Waals surface area contributed by atoms with Crippen molar-refractivity contribution in [2.45, 2.75) is 99.1 Å². The summed E-state index contributed by atoms with van der Waals surface area (Å²) >= 11 is 0. The van der Waals surface area contributed by atoms with E-state index in [1.807, 2.05) is 0 Å². The smallest absolute Gasteiger partial charge is 0.270 e. The summed E-state index contributed by atoms with van der Waals surface area (Å²) in [5.41, 5.74) is 2.03. The van der Waals surface area contributed by atoms with E-state index in [-0.39, 0.29) is 71.2 Å². The second kappa shape index (κ2) is 12.3. The van der Waals surface area contributed by atoms with E-state index < -0.39 is 92.5 Å². The van der Waals surface area contributed by atoms with E-state index in [1.165, 1.54) is 11.6 Å². The molecule has 0 aromatic carbocycles. The fraction of sp³-hybridized carbons (Fsp3) is 0.905. The van der Waals surface area contributed by atoms with Gasteiger partial charge in [-0.15, -0.1) is 12.4 Å². The molecule has 5 aliphatic carbocycles. The van der Waals surface area contributed by atoms with Crippen LogP contribution in [0.1, 0.15) is 65.7 Å². The van der Waals surface area contributed by atoms with Crippen molar-refractivity contribution < 1.29 is 65.6 Å². The van der Waals surface area contributed by atoms with E-state index >= 15 is 0 Å². The Morgan fingerprint density at radius 3 is 1.27 bits per heavy atom. The zero-order valence-corrected chi connectivity index (χ0v) is 25.4. The number of amides is 2. The summed E-state index contributed by atoms with van der Waals surface area (Å²) in [6, 6.07) is 0. The number of rotatable bonds is 9. The van der Waals surface area contributed by atoms with Crippen LogP contribution in [0.4, 0.5) is 30.7 Å². The number of nitrogens with one attached hydrogen (secondary N) is 2. The van der Waals surface area contributed by atoms with Crippen LogP contribution in [0.5, 0.6) is 0 Å². The molecule has 6 N–H and O–H groups in total. The first-order valence-corrected chi connectivity index (χ1v) is 16.8. The zero-order chi connectivity index (χ0) is 32.5. The summed E-state index contributed by atoms with van der Waals surface area (Å²) < 4.78 is 157. The highest BCUT2D eigenvalue weighted by Gasteiger charge is 2.65. The summed E-state index contributed by atoms with van der Waals surface area (Å²) in [4.78, 5) is 23.0. The van der Waals surface area contributed by atoms with E-state index in [2.05, 4.69) is 5.14 Å². The van der Waals surface area contributed by atoms with Gasteiger partial charge in [-0.25, -0.2) is 70.6 Å². The van der Waals surface area contributed by atoms with Gasteiger partial charge in [0.15, 0.2) is 0 Å². The first-order chi connectivity index (χ1) is 18.7. The van der Waals surface area contributed by atoms with Crippen molar-refractivity contribution in [3.8, 4) is 0 Å². The van der Waals surface area contributed by atoms with Gasteiger partial charge in [0.05, 0.1) is 5.41 Å². The lowest BCUT2D eigenvalue weighted by Crippen LogP contribution is -2.49. The van der Waals surface area contributed by atoms with Gasteiger partial charge in [0.25, 0.3) is 26.0 Å². The van der Waals surface area contributed by atoms with Gasteiger partial charge in [0.1, 0.15) is 5.54 Å². The minimum Gasteiger partial charge on any atom is -0.317 e. The molecule has 23 heteroatoms. The molecule has 0 aromatic heterocycles. The van der Waals surface area contributed by atoms with E-state index in [0.29, 0.717) is 0 Å². The minimum atomic E-state index is -4.47. The van der Waals surface area contributed by atoms with Gasteiger partial charge in [-0.1, -0.05) is 14.4 Å². The van der Waals surface area contributed by atoms with Crippen LogP contribution in [0.3, 0.4) is 0 Å². The first-order valence-electron chi connectivity index (χ1n) is 12.3. The van der Waals surface area contributed by atoms with Crippen LogP contribution >= 0.6 is 12.4 Å². The molecule has 0 aliphatic heterocycles. The second-order valence-corrected chi connectivity index (χ2v) is 17.0. The molecular formula is C21H34ClF7N4O8S3. The Kier molecular flexibility index (Phi) is 11.3. The Balaban J connectivity index is 0.000000342. The number of hydrogen-bond acceptors (Lipinski definition) is 9. The Bertz CT molecular complexity index is 1370. The molecule has 0 radical (unpaired) electrons.